The molecule has 2 aromatic carbocycles. The summed E-state index contributed by atoms with van der Waals surface area (Å²) in [4.78, 5) is 14.9. The Labute approximate surface area is 121 Å². The third kappa shape index (κ3) is 4.18. The van der Waals surface area contributed by atoms with Crippen molar-refractivity contribution in [2.75, 3.05) is 6.61 Å². The molecular weight excluding hydrogens is 276 g/mol. The fourth-order valence-electron chi connectivity index (χ4n) is 1.73. The molecule has 3 N–H and O–H groups in total. The van der Waals surface area contributed by atoms with Crippen LogP contribution in [0.25, 0.3) is 10.8 Å². The Balaban J connectivity index is 1.86. The van der Waals surface area contributed by atoms with E-state index in [4.69, 9.17) is 17.3 Å². The summed E-state index contributed by atoms with van der Waals surface area (Å²) >= 11 is 4.96. The molecule has 0 bridgehead atoms. The van der Waals surface area contributed by atoms with Gasteiger partial charge in [0.2, 0.25) is 0 Å². The number of hydroxylamine groups is 1. The van der Waals surface area contributed by atoms with Gasteiger partial charge in [0.25, 0.3) is 0 Å². The second-order valence-corrected chi connectivity index (χ2v) is 4.56. The zero-order valence-electron chi connectivity index (χ0n) is 10.6. The molecule has 0 heterocycles. The minimum Gasteiger partial charge on any atom is -0.479 e. The van der Waals surface area contributed by atoms with E-state index in [9.17, 15) is 4.79 Å². The summed E-state index contributed by atoms with van der Waals surface area (Å²) in [7, 11) is 0. The minimum absolute atomic E-state index is 0.249. The zero-order chi connectivity index (χ0) is 14.4. The third-order valence-corrected chi connectivity index (χ3v) is 2.86. The van der Waals surface area contributed by atoms with Crippen molar-refractivity contribution < 1.29 is 14.7 Å². The monoisotopic (exact) mass is 290 g/mol. The van der Waals surface area contributed by atoms with Crippen molar-refractivity contribution in [1.29, 1.82) is 0 Å². The average molecular weight is 290 g/mol. The molecule has 0 saturated carbocycles. The number of thiocarbonyl (C=S) groups is 1. The normalized spacial score (nSPS) is 10.2. The number of carboxylic acids is 1. The van der Waals surface area contributed by atoms with Crippen LogP contribution in [-0.2, 0) is 16.2 Å². The fourth-order valence-corrected chi connectivity index (χ4v) is 1.86. The number of hydrogen-bond acceptors (Lipinski definition) is 3. The first-order valence-electron chi connectivity index (χ1n) is 6.00. The van der Waals surface area contributed by atoms with Crippen LogP contribution >= 0.6 is 12.2 Å². The Hall–Kier alpha value is -2.18. The predicted octanol–water partition coefficient (Wildman–Crippen LogP) is 1.82. The fraction of sp³-hybridized carbons (Fsp3) is 0.143. The highest BCUT2D eigenvalue weighted by Crippen LogP contribution is 2.15. The van der Waals surface area contributed by atoms with E-state index in [0.29, 0.717) is 6.54 Å². The minimum atomic E-state index is -1.06. The topological polar surface area (TPSA) is 70.6 Å². The molecule has 0 saturated heterocycles. The summed E-state index contributed by atoms with van der Waals surface area (Å²) in [6.07, 6.45) is 0. The summed E-state index contributed by atoms with van der Waals surface area (Å²) in [6, 6.07) is 14.2. The Morgan fingerprint density at radius 1 is 1.20 bits per heavy atom. The zero-order valence-corrected chi connectivity index (χ0v) is 11.4. The molecule has 20 heavy (non-hydrogen) atoms. The van der Waals surface area contributed by atoms with Crippen molar-refractivity contribution in [2.24, 2.45) is 0 Å². The van der Waals surface area contributed by atoms with Crippen molar-refractivity contribution >= 4 is 34.1 Å². The smallest absolute Gasteiger partial charge is 0.332 e. The van der Waals surface area contributed by atoms with Crippen molar-refractivity contribution in [1.82, 2.24) is 10.8 Å². The van der Waals surface area contributed by atoms with E-state index < -0.39 is 12.6 Å². The number of hydrogen-bond donors (Lipinski definition) is 3. The lowest BCUT2D eigenvalue weighted by atomic mass is 10.1. The standard InChI is InChI=1S/C14H14N2O3S/c17-13(18)9-19-16-14(20)15-8-10-5-6-11-3-1-2-4-12(11)7-10/h1-7H,8-9H2,(H,17,18)(H2,15,16,20). The molecule has 0 aromatic heterocycles. The molecule has 0 aliphatic heterocycles. The highest BCUT2D eigenvalue weighted by atomic mass is 32.1. The molecule has 0 fully saturated rings. The van der Waals surface area contributed by atoms with E-state index in [1.807, 2.05) is 30.3 Å². The van der Waals surface area contributed by atoms with Crippen LogP contribution in [0.5, 0.6) is 0 Å². The maximum absolute atomic E-state index is 10.3. The molecule has 2 rings (SSSR count). The first kappa shape index (κ1) is 14.2. The summed E-state index contributed by atoms with van der Waals surface area (Å²) in [6.45, 7) is 0.0882. The van der Waals surface area contributed by atoms with Gasteiger partial charge in [0.15, 0.2) is 11.7 Å². The molecule has 0 atom stereocenters. The highest BCUT2D eigenvalue weighted by Gasteiger charge is 2.00. The van der Waals surface area contributed by atoms with Gasteiger partial charge in [-0.3, -0.25) is 4.84 Å². The van der Waals surface area contributed by atoms with Crippen molar-refractivity contribution in [3.63, 3.8) is 0 Å². The van der Waals surface area contributed by atoms with Crippen molar-refractivity contribution in [3.05, 3.63) is 48.0 Å². The van der Waals surface area contributed by atoms with Crippen LogP contribution in [0.2, 0.25) is 0 Å². The third-order valence-electron chi connectivity index (χ3n) is 2.63. The molecule has 2 aromatic rings. The van der Waals surface area contributed by atoms with Crippen molar-refractivity contribution in [2.45, 2.75) is 6.54 Å². The van der Waals surface area contributed by atoms with Gasteiger partial charge in [0, 0.05) is 6.54 Å². The van der Waals surface area contributed by atoms with E-state index >= 15 is 0 Å². The van der Waals surface area contributed by atoms with Gasteiger partial charge in [-0.25, -0.2) is 10.3 Å². The predicted molar refractivity (Wildman–Crippen MR) is 80.1 cm³/mol. The Kier molecular flexibility index (Phi) is 4.86. The van der Waals surface area contributed by atoms with Crippen LogP contribution in [0, 0.1) is 0 Å². The number of benzene rings is 2. The number of rotatable bonds is 5. The van der Waals surface area contributed by atoms with E-state index in [-0.39, 0.29) is 5.11 Å². The van der Waals surface area contributed by atoms with Crippen LogP contribution < -0.4 is 10.8 Å². The molecule has 0 amide bonds. The number of carbonyl (C=O) groups is 1. The molecule has 0 aliphatic carbocycles. The molecule has 6 heteroatoms. The molecule has 5 nitrogen and oxygen atoms in total. The molecular formula is C14H14N2O3S. The SMILES string of the molecule is O=C(O)CONC(=S)NCc1ccc2ccccc2c1. The largest absolute Gasteiger partial charge is 0.479 e. The van der Waals surface area contributed by atoms with E-state index in [0.717, 1.165) is 10.9 Å². The Morgan fingerprint density at radius 3 is 2.70 bits per heavy atom. The molecule has 0 aliphatic rings. The van der Waals surface area contributed by atoms with E-state index in [1.54, 1.807) is 0 Å². The Morgan fingerprint density at radius 2 is 1.95 bits per heavy atom. The van der Waals surface area contributed by atoms with Crippen LogP contribution in [0.3, 0.4) is 0 Å². The lowest BCUT2D eigenvalue weighted by molar-refractivity contribution is -0.143. The average Bonchev–Trinajstić information content (AvgIpc) is 2.44. The van der Waals surface area contributed by atoms with Crippen LogP contribution in [0.1, 0.15) is 5.56 Å². The quantitative estimate of drug-likeness (QED) is 0.576. The maximum atomic E-state index is 10.3. The van der Waals surface area contributed by atoms with Gasteiger partial charge < -0.3 is 10.4 Å². The molecule has 104 valence electrons. The summed E-state index contributed by atoms with van der Waals surface area (Å²) in [5.74, 6) is -1.06. The van der Waals surface area contributed by atoms with Gasteiger partial charge in [-0.15, -0.1) is 0 Å². The van der Waals surface area contributed by atoms with Crippen molar-refractivity contribution in [3.8, 4) is 0 Å². The second kappa shape index (κ2) is 6.83. The number of carboxylic acid groups (broad SMARTS) is 1. The molecule has 0 spiro atoms. The number of aliphatic carboxylic acids is 1. The van der Waals surface area contributed by atoms with Gasteiger partial charge in [-0.2, -0.15) is 0 Å². The van der Waals surface area contributed by atoms with Gasteiger partial charge in [0.05, 0.1) is 0 Å². The highest BCUT2D eigenvalue weighted by molar-refractivity contribution is 7.80. The number of nitrogens with one attached hydrogen (secondary N) is 2. The van der Waals surface area contributed by atoms with E-state index in [2.05, 4.69) is 27.8 Å². The van der Waals surface area contributed by atoms with Gasteiger partial charge >= 0.3 is 5.97 Å². The summed E-state index contributed by atoms with van der Waals surface area (Å²) in [5, 5.41) is 13.9. The lowest BCUT2D eigenvalue weighted by Gasteiger charge is -2.10. The second-order valence-electron chi connectivity index (χ2n) is 4.15. The van der Waals surface area contributed by atoms with Crippen LogP contribution in [0.15, 0.2) is 42.5 Å². The summed E-state index contributed by atoms with van der Waals surface area (Å²) < 4.78 is 0. The maximum Gasteiger partial charge on any atom is 0.332 e. The first-order chi connectivity index (χ1) is 9.65. The summed E-state index contributed by atoms with van der Waals surface area (Å²) in [5.41, 5.74) is 3.44. The van der Waals surface area contributed by atoms with E-state index in [1.165, 1.54) is 5.39 Å². The number of fused-ring (bicyclic) bond motifs is 1. The molecule has 0 radical (unpaired) electrons. The molecule has 0 unspecified atom stereocenters. The first-order valence-corrected chi connectivity index (χ1v) is 6.41. The van der Waals surface area contributed by atoms with Gasteiger partial charge in [-0.1, -0.05) is 36.4 Å². The van der Waals surface area contributed by atoms with Gasteiger partial charge in [0.1, 0.15) is 0 Å². The lowest BCUT2D eigenvalue weighted by Crippen LogP contribution is -2.35. The van der Waals surface area contributed by atoms with Gasteiger partial charge in [-0.05, 0) is 34.6 Å². The van der Waals surface area contributed by atoms with Crippen LogP contribution in [0.4, 0.5) is 0 Å². The Bertz CT molecular complexity index is 631. The van der Waals surface area contributed by atoms with Crippen LogP contribution in [-0.4, -0.2) is 22.8 Å².